The van der Waals surface area contributed by atoms with E-state index in [4.69, 9.17) is 14.2 Å². The molecule has 0 heterocycles. The molecule has 5 nitrogen and oxygen atoms in total. The van der Waals surface area contributed by atoms with Crippen LogP contribution >= 0.6 is 0 Å². The molecule has 5 heteroatoms. The van der Waals surface area contributed by atoms with Crippen molar-refractivity contribution in [2.45, 2.75) is 219 Å². The summed E-state index contributed by atoms with van der Waals surface area (Å²) in [5.41, 5.74) is 0. The maximum atomic E-state index is 12.8. The fourth-order valence-electron chi connectivity index (χ4n) is 6.63. The van der Waals surface area contributed by atoms with Gasteiger partial charge in [-0.05, 0) is 116 Å². The van der Waals surface area contributed by atoms with Crippen LogP contribution in [0.4, 0.5) is 0 Å². The van der Waals surface area contributed by atoms with Crippen LogP contribution in [0.5, 0.6) is 0 Å². The minimum absolute atomic E-state index is 0.0452. The lowest BCUT2D eigenvalue weighted by Crippen LogP contribution is -2.30. The Morgan fingerprint density at radius 1 is 0.359 bits per heavy atom. The lowest BCUT2D eigenvalue weighted by molar-refractivity contribution is -0.162. The molecule has 0 fully saturated rings. The summed E-state index contributed by atoms with van der Waals surface area (Å²) in [4.78, 5) is 25.4. The fraction of sp³-hybridized carbons (Fsp3) is 0.627. The molecule has 0 aromatic heterocycles. The quantitative estimate of drug-likeness (QED) is 0.0346. The van der Waals surface area contributed by atoms with Crippen molar-refractivity contribution in [3.63, 3.8) is 0 Å². The Bertz CT molecular complexity index is 1320. The number of hydrogen-bond donors (Lipinski definition) is 0. The van der Waals surface area contributed by atoms with Crippen LogP contribution in [0.1, 0.15) is 213 Å². The molecular formula is C59H96O5. The molecule has 0 radical (unpaired) electrons. The third-order valence-corrected chi connectivity index (χ3v) is 10.5. The first-order valence-electron chi connectivity index (χ1n) is 26.1. The summed E-state index contributed by atoms with van der Waals surface area (Å²) in [6, 6.07) is 0. The predicted molar refractivity (Wildman–Crippen MR) is 279 cm³/mol. The van der Waals surface area contributed by atoms with Crippen LogP contribution in [0.15, 0.2) is 122 Å². The predicted octanol–water partition coefficient (Wildman–Crippen LogP) is 17.8. The number of allylic oxidation sites excluding steroid dienone is 20. The highest BCUT2D eigenvalue weighted by Crippen LogP contribution is 2.12. The Morgan fingerprint density at radius 2 is 0.719 bits per heavy atom. The van der Waals surface area contributed by atoms with Crippen molar-refractivity contribution >= 4 is 11.9 Å². The van der Waals surface area contributed by atoms with E-state index in [0.29, 0.717) is 19.4 Å². The van der Waals surface area contributed by atoms with Crippen molar-refractivity contribution in [2.24, 2.45) is 0 Å². The highest BCUT2D eigenvalue weighted by Gasteiger charge is 2.17. The van der Waals surface area contributed by atoms with Crippen molar-refractivity contribution in [1.82, 2.24) is 0 Å². The molecule has 0 saturated heterocycles. The van der Waals surface area contributed by atoms with E-state index in [1.165, 1.54) is 70.6 Å². The molecule has 0 aliphatic heterocycles. The highest BCUT2D eigenvalue weighted by molar-refractivity contribution is 5.70. The van der Waals surface area contributed by atoms with E-state index < -0.39 is 6.10 Å². The van der Waals surface area contributed by atoms with Gasteiger partial charge in [0.05, 0.1) is 6.61 Å². The van der Waals surface area contributed by atoms with E-state index in [0.717, 1.165) is 109 Å². The second-order valence-corrected chi connectivity index (χ2v) is 16.7. The van der Waals surface area contributed by atoms with E-state index in [-0.39, 0.29) is 25.2 Å². The van der Waals surface area contributed by atoms with E-state index in [2.05, 4.69) is 142 Å². The molecule has 64 heavy (non-hydrogen) atoms. The van der Waals surface area contributed by atoms with Gasteiger partial charge in [0.25, 0.3) is 0 Å². The smallest absolute Gasteiger partial charge is 0.306 e. The van der Waals surface area contributed by atoms with Gasteiger partial charge < -0.3 is 14.2 Å². The molecule has 0 rings (SSSR count). The number of ether oxygens (including phenoxy) is 3. The molecule has 0 aliphatic carbocycles. The third-order valence-electron chi connectivity index (χ3n) is 10.5. The van der Waals surface area contributed by atoms with Crippen LogP contribution in [-0.4, -0.2) is 37.9 Å². The van der Waals surface area contributed by atoms with Gasteiger partial charge in [-0.2, -0.15) is 0 Å². The maximum absolute atomic E-state index is 12.8. The molecule has 0 spiro atoms. The normalized spacial score (nSPS) is 13.2. The third kappa shape index (κ3) is 50.9. The number of carbonyl (C=O) groups is 2. The summed E-state index contributed by atoms with van der Waals surface area (Å²) in [6.07, 6.45) is 75.0. The number of rotatable bonds is 46. The van der Waals surface area contributed by atoms with E-state index in [1.807, 2.05) is 0 Å². The lowest BCUT2D eigenvalue weighted by Gasteiger charge is -2.18. The Morgan fingerprint density at radius 3 is 1.19 bits per heavy atom. The van der Waals surface area contributed by atoms with Gasteiger partial charge in [-0.1, -0.05) is 206 Å². The van der Waals surface area contributed by atoms with Crippen molar-refractivity contribution in [1.29, 1.82) is 0 Å². The fourth-order valence-corrected chi connectivity index (χ4v) is 6.63. The van der Waals surface area contributed by atoms with Crippen molar-refractivity contribution in [2.75, 3.05) is 19.8 Å². The minimum Gasteiger partial charge on any atom is -0.462 e. The Balaban J connectivity index is 4.40. The van der Waals surface area contributed by atoms with Gasteiger partial charge in [0.1, 0.15) is 6.61 Å². The average molecular weight is 885 g/mol. The second-order valence-electron chi connectivity index (χ2n) is 16.7. The van der Waals surface area contributed by atoms with Crippen LogP contribution < -0.4 is 0 Å². The summed E-state index contributed by atoms with van der Waals surface area (Å²) in [5.74, 6) is -0.491. The van der Waals surface area contributed by atoms with Gasteiger partial charge in [-0.25, -0.2) is 0 Å². The van der Waals surface area contributed by atoms with Crippen LogP contribution in [0.25, 0.3) is 0 Å². The summed E-state index contributed by atoms with van der Waals surface area (Å²) < 4.78 is 17.3. The van der Waals surface area contributed by atoms with Crippen LogP contribution in [-0.2, 0) is 23.8 Å². The SMILES string of the molecule is CC/C=C\C/C=C\C/C=C\C/C=C\C/C=C\CCCC(=O)OC(COCCCCCCCC/C=C\CCCC)COC(=O)CCCCCCCC/C=C\C/C=C\C/C=C\C/C=C\CC. The molecule has 0 aliphatic rings. The molecule has 1 unspecified atom stereocenters. The summed E-state index contributed by atoms with van der Waals surface area (Å²) in [7, 11) is 0. The first kappa shape index (κ1) is 60.3. The maximum Gasteiger partial charge on any atom is 0.306 e. The summed E-state index contributed by atoms with van der Waals surface area (Å²) in [5, 5.41) is 0. The first-order chi connectivity index (χ1) is 31.6. The second kappa shape index (κ2) is 53.6. The Hall–Kier alpha value is -3.70. The molecule has 0 N–H and O–H groups in total. The van der Waals surface area contributed by atoms with Crippen LogP contribution in [0.2, 0.25) is 0 Å². The molecule has 362 valence electrons. The summed E-state index contributed by atoms with van der Waals surface area (Å²) >= 11 is 0. The van der Waals surface area contributed by atoms with E-state index in [1.54, 1.807) is 0 Å². The minimum atomic E-state index is -0.583. The van der Waals surface area contributed by atoms with Crippen molar-refractivity contribution < 1.29 is 23.8 Å². The first-order valence-corrected chi connectivity index (χ1v) is 26.1. The van der Waals surface area contributed by atoms with Crippen LogP contribution in [0.3, 0.4) is 0 Å². The van der Waals surface area contributed by atoms with Crippen molar-refractivity contribution in [3.8, 4) is 0 Å². The zero-order valence-electron chi connectivity index (χ0n) is 41.5. The van der Waals surface area contributed by atoms with E-state index >= 15 is 0 Å². The molecule has 0 aromatic carbocycles. The Kier molecular flexibility index (Phi) is 50.5. The number of esters is 2. The standard InChI is InChI=1S/C59H96O5/c1-4-7-10-13-16-19-22-25-27-29-30-32-33-35-37-40-43-46-49-52-58(60)63-56-57(55-62-54-51-48-45-42-39-24-21-18-15-12-9-6-3)64-59(61)53-50-47-44-41-38-36-34-31-28-26-23-20-17-14-11-8-5-2/h7-8,10-11,15-20,25-28,30,32,34,36,41,44,57H,4-6,9,12-14,21-24,29,31,33,35,37-40,42-43,45-56H2,1-3H3/b10-7-,11-8-,18-15-,19-16-,20-17-,27-25-,28-26-,32-30-,36-34-,44-41-. The zero-order chi connectivity index (χ0) is 46.3. The van der Waals surface area contributed by atoms with Gasteiger partial charge in [-0.3, -0.25) is 9.59 Å². The molecule has 0 aromatic rings. The average Bonchev–Trinajstić information content (AvgIpc) is 3.30. The van der Waals surface area contributed by atoms with Crippen molar-refractivity contribution in [3.05, 3.63) is 122 Å². The van der Waals surface area contributed by atoms with Gasteiger partial charge >= 0.3 is 11.9 Å². The monoisotopic (exact) mass is 885 g/mol. The van der Waals surface area contributed by atoms with Crippen LogP contribution in [0, 0.1) is 0 Å². The largest absolute Gasteiger partial charge is 0.462 e. The molecular weight excluding hydrogens is 789 g/mol. The van der Waals surface area contributed by atoms with Gasteiger partial charge in [0, 0.05) is 19.4 Å². The molecule has 0 bridgehead atoms. The van der Waals surface area contributed by atoms with E-state index in [9.17, 15) is 9.59 Å². The molecule has 0 amide bonds. The number of carbonyl (C=O) groups excluding carboxylic acids is 2. The van der Waals surface area contributed by atoms with Gasteiger partial charge in [0.2, 0.25) is 0 Å². The highest BCUT2D eigenvalue weighted by atomic mass is 16.6. The van der Waals surface area contributed by atoms with Gasteiger partial charge in [0.15, 0.2) is 6.10 Å². The topological polar surface area (TPSA) is 61.8 Å². The molecule has 1 atom stereocenters. The number of hydrogen-bond acceptors (Lipinski definition) is 5. The Labute approximate surface area is 395 Å². The molecule has 0 saturated carbocycles. The summed E-state index contributed by atoms with van der Waals surface area (Å²) in [6.45, 7) is 7.47. The zero-order valence-corrected chi connectivity index (χ0v) is 41.5. The van der Waals surface area contributed by atoms with Gasteiger partial charge in [-0.15, -0.1) is 0 Å². The number of unbranched alkanes of at least 4 members (excludes halogenated alkanes) is 15. The lowest BCUT2D eigenvalue weighted by atomic mass is 10.1.